The summed E-state index contributed by atoms with van der Waals surface area (Å²) in [6.45, 7) is 14.7. The molecule has 3 N–H and O–H groups in total. The molecule has 218 valence electrons. The lowest BCUT2D eigenvalue weighted by molar-refractivity contribution is -0.0581. The molecule has 5 heteroatoms. The van der Waals surface area contributed by atoms with E-state index in [1.54, 1.807) is 5.57 Å². The monoisotopic (exact) mass is 530 g/mol. The highest BCUT2D eigenvalue weighted by Gasteiger charge is 2.59. The number of allylic oxidation sites excluding steroid dienone is 1. The average molecular weight is 531 g/mol. The van der Waals surface area contributed by atoms with Gasteiger partial charge in [0.05, 0.1) is 6.61 Å². The van der Waals surface area contributed by atoms with Crippen LogP contribution in [0.3, 0.4) is 0 Å². The molecule has 0 saturated heterocycles. The molecule has 38 heavy (non-hydrogen) atoms. The number of fused-ring (bicyclic) bond motifs is 5. The number of aliphatic hydroxyl groups is 1. The van der Waals surface area contributed by atoms with Gasteiger partial charge in [-0.05, 0) is 104 Å². The highest BCUT2D eigenvalue weighted by atomic mass is 16.6. The van der Waals surface area contributed by atoms with Crippen molar-refractivity contribution in [3.05, 3.63) is 11.6 Å². The van der Waals surface area contributed by atoms with Gasteiger partial charge in [-0.1, -0.05) is 65.5 Å². The molecular formula is C33H58N2O3. The van der Waals surface area contributed by atoms with Gasteiger partial charge in [0.15, 0.2) is 0 Å². The Hall–Kier alpha value is -1.07. The van der Waals surface area contributed by atoms with Gasteiger partial charge in [-0.3, -0.25) is 0 Å². The molecule has 0 spiro atoms. The number of carbonyl (C=O) groups excluding carboxylic acids is 1. The summed E-state index contributed by atoms with van der Waals surface area (Å²) in [4.78, 5) is 12.4. The van der Waals surface area contributed by atoms with E-state index in [-0.39, 0.29) is 18.8 Å². The molecule has 5 nitrogen and oxygen atoms in total. The van der Waals surface area contributed by atoms with Crippen molar-refractivity contribution in [1.29, 1.82) is 0 Å². The predicted molar refractivity (Wildman–Crippen MR) is 156 cm³/mol. The van der Waals surface area contributed by atoms with Crippen LogP contribution < -0.4 is 10.6 Å². The number of hydrogen-bond acceptors (Lipinski definition) is 4. The predicted octanol–water partition coefficient (Wildman–Crippen LogP) is 7.09. The summed E-state index contributed by atoms with van der Waals surface area (Å²) in [5.41, 5.74) is 2.41. The van der Waals surface area contributed by atoms with Crippen molar-refractivity contribution in [2.45, 2.75) is 118 Å². The van der Waals surface area contributed by atoms with Crippen LogP contribution in [0.1, 0.15) is 112 Å². The molecule has 8 unspecified atom stereocenters. The Morgan fingerprint density at radius 3 is 2.61 bits per heavy atom. The van der Waals surface area contributed by atoms with Crippen molar-refractivity contribution in [2.75, 3.05) is 26.2 Å². The van der Waals surface area contributed by atoms with E-state index in [1.165, 1.54) is 51.4 Å². The number of amides is 1. The summed E-state index contributed by atoms with van der Waals surface area (Å²) in [5.74, 6) is 5.13. The molecule has 3 fully saturated rings. The Labute approximate surface area is 233 Å². The second kappa shape index (κ2) is 13.1. The van der Waals surface area contributed by atoms with Crippen LogP contribution in [0.4, 0.5) is 4.79 Å². The van der Waals surface area contributed by atoms with Crippen LogP contribution in [-0.4, -0.2) is 43.5 Å². The van der Waals surface area contributed by atoms with Crippen LogP contribution in [-0.2, 0) is 4.74 Å². The zero-order chi connectivity index (χ0) is 27.3. The first-order valence-corrected chi connectivity index (χ1v) is 16.1. The van der Waals surface area contributed by atoms with Crippen LogP contribution in [0.15, 0.2) is 11.6 Å². The van der Waals surface area contributed by atoms with Gasteiger partial charge in [0.2, 0.25) is 0 Å². The van der Waals surface area contributed by atoms with Gasteiger partial charge >= 0.3 is 6.09 Å². The van der Waals surface area contributed by atoms with Crippen LogP contribution in [0, 0.1) is 46.3 Å². The van der Waals surface area contributed by atoms with E-state index >= 15 is 0 Å². The lowest BCUT2D eigenvalue weighted by Crippen LogP contribution is -2.51. The van der Waals surface area contributed by atoms with Crippen molar-refractivity contribution >= 4 is 6.09 Å². The molecule has 0 radical (unpaired) electrons. The Balaban J connectivity index is 1.31. The molecule has 0 bridgehead atoms. The second-order valence-corrected chi connectivity index (χ2v) is 14.3. The van der Waals surface area contributed by atoms with Crippen molar-refractivity contribution in [2.24, 2.45) is 46.3 Å². The number of hydrogen-bond donors (Lipinski definition) is 3. The van der Waals surface area contributed by atoms with Gasteiger partial charge in [0.25, 0.3) is 0 Å². The number of carbonyl (C=O) groups is 1. The van der Waals surface area contributed by atoms with Gasteiger partial charge in [0, 0.05) is 19.5 Å². The molecule has 3 saturated carbocycles. The fraction of sp³-hybridized carbons (Fsp3) is 0.909. The van der Waals surface area contributed by atoms with Crippen LogP contribution in [0.5, 0.6) is 0 Å². The Kier molecular flexibility index (Phi) is 10.3. The van der Waals surface area contributed by atoms with Crippen molar-refractivity contribution < 1.29 is 14.6 Å². The number of alkyl carbamates (subject to hydrolysis) is 1. The molecule has 8 atom stereocenters. The van der Waals surface area contributed by atoms with E-state index in [0.29, 0.717) is 23.9 Å². The van der Waals surface area contributed by atoms with Gasteiger partial charge in [0.1, 0.15) is 6.10 Å². The molecule has 4 aliphatic carbocycles. The molecule has 0 aromatic rings. The van der Waals surface area contributed by atoms with Crippen LogP contribution >= 0.6 is 0 Å². The van der Waals surface area contributed by atoms with E-state index < -0.39 is 0 Å². The maximum atomic E-state index is 12.4. The molecule has 0 heterocycles. The normalized spacial score (nSPS) is 37.1. The first-order chi connectivity index (χ1) is 18.2. The maximum absolute atomic E-state index is 12.4. The fourth-order valence-electron chi connectivity index (χ4n) is 9.55. The summed E-state index contributed by atoms with van der Waals surface area (Å²) in [5, 5.41) is 14.9. The summed E-state index contributed by atoms with van der Waals surface area (Å²) < 4.78 is 5.87. The topological polar surface area (TPSA) is 70.6 Å². The molecule has 0 aromatic heterocycles. The summed E-state index contributed by atoms with van der Waals surface area (Å²) in [6.07, 6.45) is 17.3. The van der Waals surface area contributed by atoms with E-state index in [2.05, 4.69) is 51.3 Å². The minimum atomic E-state index is -0.275. The SMILES string of the molecule is CC(C)CCCC(C)C1CCC2C3CC=C4CC(OC(=O)NCCCNCCO)CCC4(C)C3CCC12C. The van der Waals surface area contributed by atoms with Gasteiger partial charge in [-0.25, -0.2) is 4.79 Å². The Bertz CT molecular complexity index is 812. The minimum Gasteiger partial charge on any atom is -0.446 e. The Morgan fingerprint density at radius 2 is 1.84 bits per heavy atom. The molecule has 1 amide bonds. The van der Waals surface area contributed by atoms with Crippen LogP contribution in [0.2, 0.25) is 0 Å². The third-order valence-corrected chi connectivity index (χ3v) is 11.6. The summed E-state index contributed by atoms with van der Waals surface area (Å²) >= 11 is 0. The molecular weight excluding hydrogens is 472 g/mol. The molecule has 4 aliphatic rings. The summed E-state index contributed by atoms with van der Waals surface area (Å²) in [7, 11) is 0. The maximum Gasteiger partial charge on any atom is 0.407 e. The van der Waals surface area contributed by atoms with Gasteiger partial charge in [-0.2, -0.15) is 0 Å². The molecule has 0 aliphatic heterocycles. The third-order valence-electron chi connectivity index (χ3n) is 11.6. The largest absolute Gasteiger partial charge is 0.446 e. The standard InChI is InChI=1S/C33H58N2O3/c1-23(2)8-6-9-24(3)28-12-13-29-27-11-10-25-22-26(38-31(37)35-19-7-18-34-20-21-36)14-16-32(25,4)30(27)15-17-33(28,29)5/h10,23-24,26-30,34,36H,6-9,11-22H2,1-5H3,(H,35,37). The number of nitrogens with one attached hydrogen (secondary N) is 2. The lowest BCUT2D eigenvalue weighted by Gasteiger charge is -2.58. The highest BCUT2D eigenvalue weighted by Crippen LogP contribution is 2.67. The van der Waals surface area contributed by atoms with E-state index in [0.717, 1.165) is 67.7 Å². The van der Waals surface area contributed by atoms with Gasteiger partial charge < -0.3 is 20.5 Å². The number of ether oxygens (including phenoxy) is 1. The summed E-state index contributed by atoms with van der Waals surface area (Å²) in [6, 6.07) is 0. The Morgan fingerprint density at radius 1 is 1.03 bits per heavy atom. The zero-order valence-electron chi connectivity index (χ0n) is 25.2. The van der Waals surface area contributed by atoms with E-state index in [4.69, 9.17) is 9.84 Å². The lowest BCUT2D eigenvalue weighted by atomic mass is 9.47. The van der Waals surface area contributed by atoms with Gasteiger partial charge in [-0.15, -0.1) is 0 Å². The average Bonchev–Trinajstić information content (AvgIpc) is 3.23. The van der Waals surface area contributed by atoms with Crippen LogP contribution in [0.25, 0.3) is 0 Å². The van der Waals surface area contributed by atoms with Crippen molar-refractivity contribution in [3.8, 4) is 0 Å². The second-order valence-electron chi connectivity index (χ2n) is 14.3. The minimum absolute atomic E-state index is 0.00907. The fourth-order valence-corrected chi connectivity index (χ4v) is 9.55. The molecule has 4 rings (SSSR count). The first kappa shape index (κ1) is 29.9. The number of aliphatic hydroxyl groups excluding tert-OH is 1. The highest BCUT2D eigenvalue weighted by molar-refractivity contribution is 5.67. The smallest absolute Gasteiger partial charge is 0.407 e. The number of rotatable bonds is 12. The molecule has 0 aromatic carbocycles. The van der Waals surface area contributed by atoms with Crippen molar-refractivity contribution in [3.63, 3.8) is 0 Å². The quantitative estimate of drug-likeness (QED) is 0.186. The first-order valence-electron chi connectivity index (χ1n) is 16.1. The van der Waals surface area contributed by atoms with E-state index in [9.17, 15) is 4.79 Å². The zero-order valence-corrected chi connectivity index (χ0v) is 25.2. The van der Waals surface area contributed by atoms with E-state index in [1.807, 2.05) is 0 Å². The van der Waals surface area contributed by atoms with Crippen molar-refractivity contribution in [1.82, 2.24) is 10.6 Å². The third kappa shape index (κ3) is 6.45.